The summed E-state index contributed by atoms with van der Waals surface area (Å²) in [4.78, 5) is 53.0. The van der Waals surface area contributed by atoms with Crippen molar-refractivity contribution in [1.29, 1.82) is 0 Å². The summed E-state index contributed by atoms with van der Waals surface area (Å²) in [5, 5.41) is 9.17. The molecule has 13 heteroatoms. The molecule has 0 radical (unpaired) electrons. The van der Waals surface area contributed by atoms with E-state index in [9.17, 15) is 14.4 Å². The highest BCUT2D eigenvalue weighted by atomic mass is 35.5. The number of carbonyl (C=O) groups excluding carboxylic acids is 3. The Morgan fingerprint density at radius 1 is 1.16 bits per heavy atom. The molecule has 1 aliphatic carbocycles. The van der Waals surface area contributed by atoms with Gasteiger partial charge in [-0.25, -0.2) is 9.97 Å². The van der Waals surface area contributed by atoms with Gasteiger partial charge in [-0.15, -0.1) is 11.3 Å². The summed E-state index contributed by atoms with van der Waals surface area (Å²) in [7, 11) is 5.84. The Kier molecular flexibility index (Phi) is 8.73. The van der Waals surface area contributed by atoms with Crippen molar-refractivity contribution >= 4 is 63.7 Å². The number of nitrogens with zero attached hydrogens (tertiary/aromatic N) is 4. The van der Waals surface area contributed by atoms with Gasteiger partial charge in [0.05, 0.1) is 21.7 Å². The van der Waals surface area contributed by atoms with Crippen LogP contribution in [0.2, 0.25) is 5.02 Å². The molecule has 3 N–H and O–H groups in total. The van der Waals surface area contributed by atoms with Crippen molar-refractivity contribution in [3.8, 4) is 0 Å². The predicted molar refractivity (Wildman–Crippen MR) is 147 cm³/mol. The van der Waals surface area contributed by atoms with Gasteiger partial charge >= 0.3 is 11.8 Å². The van der Waals surface area contributed by atoms with Crippen LogP contribution in [0, 0.1) is 5.92 Å². The SMILES string of the molecule is CN1CCc2nc(C(=O)N[C@@H]3CC(C(=S)N(C)C)CC[C@@H]3NC(=O)C(=O)Nc3ccc(Cl)cn3)sc2C1. The number of aromatic nitrogens is 2. The van der Waals surface area contributed by atoms with E-state index in [-0.39, 0.29) is 17.6 Å². The second kappa shape index (κ2) is 11.8. The van der Waals surface area contributed by atoms with Crippen LogP contribution in [0.5, 0.6) is 0 Å². The van der Waals surface area contributed by atoms with E-state index < -0.39 is 23.9 Å². The van der Waals surface area contributed by atoms with E-state index in [1.165, 1.54) is 23.6 Å². The average Bonchev–Trinajstić information content (AvgIpc) is 3.29. The van der Waals surface area contributed by atoms with Gasteiger partial charge in [0.2, 0.25) is 0 Å². The molecule has 2 aliphatic rings. The molecule has 0 aromatic carbocycles. The lowest BCUT2D eigenvalue weighted by Gasteiger charge is -2.38. The fourth-order valence-electron chi connectivity index (χ4n) is 4.60. The lowest BCUT2D eigenvalue weighted by Crippen LogP contribution is -2.57. The largest absolute Gasteiger partial charge is 0.372 e. The number of hydrogen-bond acceptors (Lipinski definition) is 8. The van der Waals surface area contributed by atoms with Crippen LogP contribution < -0.4 is 16.0 Å². The molecule has 2 aromatic heterocycles. The first kappa shape index (κ1) is 27.4. The highest BCUT2D eigenvalue weighted by molar-refractivity contribution is 7.80. The van der Waals surface area contributed by atoms with Gasteiger partial charge in [-0.2, -0.15) is 0 Å². The predicted octanol–water partition coefficient (Wildman–Crippen LogP) is 2.09. The minimum absolute atomic E-state index is 0.0636. The zero-order valence-electron chi connectivity index (χ0n) is 20.9. The number of anilines is 1. The molecular formula is C24H30ClN7O3S2. The van der Waals surface area contributed by atoms with Gasteiger partial charge in [0.1, 0.15) is 5.82 Å². The Bertz CT molecular complexity index is 1190. The zero-order chi connectivity index (χ0) is 26.7. The summed E-state index contributed by atoms with van der Waals surface area (Å²) in [6.45, 7) is 1.69. The number of likely N-dealkylation sites (N-methyl/N-ethyl adjacent to an activating group) is 1. The topological polar surface area (TPSA) is 120 Å². The van der Waals surface area contributed by atoms with E-state index in [1.54, 1.807) is 6.07 Å². The summed E-state index contributed by atoms with van der Waals surface area (Å²) in [5.41, 5.74) is 0.973. The first-order chi connectivity index (χ1) is 17.6. The van der Waals surface area contributed by atoms with E-state index >= 15 is 0 Å². The first-order valence-corrected chi connectivity index (χ1v) is 13.6. The Hall–Kier alpha value is -2.67. The molecule has 3 amide bonds. The third-order valence-corrected chi connectivity index (χ3v) is 8.57. The number of nitrogens with one attached hydrogen (secondary N) is 3. The van der Waals surface area contributed by atoms with Gasteiger partial charge in [0.15, 0.2) is 5.01 Å². The maximum Gasteiger partial charge on any atom is 0.314 e. The molecule has 198 valence electrons. The molecule has 1 saturated carbocycles. The molecule has 1 fully saturated rings. The van der Waals surface area contributed by atoms with Crippen molar-refractivity contribution in [2.24, 2.45) is 5.92 Å². The number of fused-ring (bicyclic) bond motifs is 1. The highest BCUT2D eigenvalue weighted by Crippen LogP contribution is 2.29. The maximum absolute atomic E-state index is 13.2. The summed E-state index contributed by atoms with van der Waals surface area (Å²) in [6, 6.07) is 2.22. The number of amides is 3. The molecular weight excluding hydrogens is 534 g/mol. The van der Waals surface area contributed by atoms with E-state index in [2.05, 4.69) is 30.8 Å². The van der Waals surface area contributed by atoms with E-state index in [0.717, 1.165) is 41.5 Å². The van der Waals surface area contributed by atoms with E-state index in [4.69, 9.17) is 23.8 Å². The monoisotopic (exact) mass is 563 g/mol. The first-order valence-electron chi connectivity index (χ1n) is 12.0. The Balaban J connectivity index is 1.45. The van der Waals surface area contributed by atoms with Crippen LogP contribution in [0.25, 0.3) is 0 Å². The summed E-state index contributed by atoms with van der Waals surface area (Å²) >= 11 is 12.8. The molecule has 37 heavy (non-hydrogen) atoms. The van der Waals surface area contributed by atoms with E-state index in [0.29, 0.717) is 22.9 Å². The number of hydrogen-bond donors (Lipinski definition) is 3. The maximum atomic E-state index is 13.2. The Labute approximate surface area is 230 Å². The summed E-state index contributed by atoms with van der Waals surface area (Å²) < 4.78 is 0. The van der Waals surface area contributed by atoms with Gasteiger partial charge in [-0.3, -0.25) is 14.4 Å². The minimum Gasteiger partial charge on any atom is -0.372 e. The second-order valence-electron chi connectivity index (χ2n) is 9.60. The number of halogens is 1. The number of pyridine rings is 1. The van der Waals surface area contributed by atoms with Crippen molar-refractivity contribution in [2.75, 3.05) is 33.0 Å². The molecule has 0 spiro atoms. The normalized spacial score (nSPS) is 21.5. The molecule has 2 aromatic rings. The fraction of sp³-hybridized carbons (Fsp3) is 0.500. The third-order valence-electron chi connectivity index (χ3n) is 6.56. The van der Waals surface area contributed by atoms with Crippen LogP contribution in [0.3, 0.4) is 0 Å². The van der Waals surface area contributed by atoms with Crippen molar-refractivity contribution < 1.29 is 14.4 Å². The van der Waals surface area contributed by atoms with Crippen LogP contribution in [-0.4, -0.2) is 82.2 Å². The van der Waals surface area contributed by atoms with Gasteiger partial charge in [0, 0.05) is 56.6 Å². The molecule has 1 unspecified atom stereocenters. The average molecular weight is 564 g/mol. The fourth-order valence-corrected chi connectivity index (χ4v) is 6.02. The molecule has 4 rings (SSSR count). The molecule has 3 heterocycles. The summed E-state index contributed by atoms with van der Waals surface area (Å²) in [6.07, 6.45) is 4.02. The molecule has 3 atom stereocenters. The lowest BCUT2D eigenvalue weighted by atomic mass is 9.81. The van der Waals surface area contributed by atoms with Crippen LogP contribution in [0.4, 0.5) is 5.82 Å². The molecule has 1 aliphatic heterocycles. The summed E-state index contributed by atoms with van der Waals surface area (Å²) in [5.74, 6) is -1.65. The van der Waals surface area contributed by atoms with Gasteiger partial charge < -0.3 is 25.8 Å². The standard InChI is InChI=1S/C24H30ClN7O3S2/c1-31(2)24(36)13-4-6-15(27-20(33)21(34)30-19-7-5-14(25)11-26-19)17(10-13)28-22(35)23-29-16-8-9-32(3)12-18(16)37-23/h5,7,11,13,15,17H,4,6,8-10,12H2,1-3H3,(H,27,33)(H,28,35)(H,26,30,34)/t13?,15-,17+/m0/s1. The minimum atomic E-state index is -0.845. The Morgan fingerprint density at radius 2 is 1.95 bits per heavy atom. The third kappa shape index (κ3) is 6.81. The van der Waals surface area contributed by atoms with Gasteiger partial charge in [-0.05, 0) is 38.4 Å². The zero-order valence-corrected chi connectivity index (χ0v) is 23.3. The molecule has 10 nitrogen and oxygen atoms in total. The number of thiazole rings is 1. The number of rotatable bonds is 5. The van der Waals surface area contributed by atoms with Crippen molar-refractivity contribution in [2.45, 2.75) is 44.3 Å². The van der Waals surface area contributed by atoms with Crippen molar-refractivity contribution in [3.05, 3.63) is 38.9 Å². The van der Waals surface area contributed by atoms with Crippen LogP contribution in [-0.2, 0) is 22.6 Å². The van der Waals surface area contributed by atoms with Gasteiger partial charge in [0.25, 0.3) is 5.91 Å². The molecule has 0 bridgehead atoms. The quantitative estimate of drug-likeness (QED) is 0.374. The lowest BCUT2D eigenvalue weighted by molar-refractivity contribution is -0.136. The van der Waals surface area contributed by atoms with Crippen LogP contribution >= 0.6 is 35.2 Å². The highest BCUT2D eigenvalue weighted by Gasteiger charge is 2.36. The smallest absolute Gasteiger partial charge is 0.314 e. The van der Waals surface area contributed by atoms with Crippen molar-refractivity contribution in [3.63, 3.8) is 0 Å². The molecule has 0 saturated heterocycles. The van der Waals surface area contributed by atoms with Crippen molar-refractivity contribution in [1.82, 2.24) is 30.4 Å². The number of carbonyl (C=O) groups is 3. The van der Waals surface area contributed by atoms with Crippen LogP contribution in [0.1, 0.15) is 39.6 Å². The van der Waals surface area contributed by atoms with E-state index in [1.807, 2.05) is 26.0 Å². The second-order valence-corrected chi connectivity index (χ2v) is 11.5. The van der Waals surface area contributed by atoms with Gasteiger partial charge in [-0.1, -0.05) is 23.8 Å². The number of thiocarbonyl (C=S) groups is 1. The Morgan fingerprint density at radius 3 is 2.65 bits per heavy atom. The van der Waals surface area contributed by atoms with Crippen LogP contribution in [0.15, 0.2) is 18.3 Å².